The molecule has 0 aliphatic carbocycles. The van der Waals surface area contributed by atoms with Crippen LogP contribution in [0.1, 0.15) is 12.5 Å². The van der Waals surface area contributed by atoms with Crippen LogP contribution in [-0.4, -0.2) is 12.2 Å². The molecule has 0 fully saturated rings. The summed E-state index contributed by atoms with van der Waals surface area (Å²) < 4.78 is 5.13. The Kier molecular flexibility index (Phi) is 3.37. The van der Waals surface area contributed by atoms with Crippen molar-refractivity contribution in [2.24, 2.45) is 0 Å². The van der Waals surface area contributed by atoms with E-state index in [1.165, 1.54) is 11.8 Å². The minimum absolute atomic E-state index is 0.0731. The highest BCUT2D eigenvalue weighted by atomic mass is 32.2. The highest BCUT2D eigenvalue weighted by molar-refractivity contribution is 8.13. The second-order valence-corrected chi connectivity index (χ2v) is 3.97. The molecule has 1 aromatic rings. The van der Waals surface area contributed by atoms with Gasteiger partial charge in [0.25, 0.3) is 0 Å². The molecule has 0 unspecified atom stereocenters. The van der Waals surface area contributed by atoms with E-state index in [0.29, 0.717) is 0 Å². The maximum absolute atomic E-state index is 10.9. The fourth-order valence-corrected chi connectivity index (χ4v) is 1.83. The predicted molar refractivity (Wildman–Crippen MR) is 54.3 cm³/mol. The van der Waals surface area contributed by atoms with Crippen LogP contribution in [0.25, 0.3) is 0 Å². The number of ether oxygens (including phenoxy) is 1. The first kappa shape index (κ1) is 10.1. The average Bonchev–Trinajstić information content (AvgIpc) is 2.03. The predicted octanol–water partition coefficient (Wildman–Crippen LogP) is 2.64. The van der Waals surface area contributed by atoms with E-state index in [1.54, 1.807) is 14.0 Å². The molecule has 0 radical (unpaired) electrons. The van der Waals surface area contributed by atoms with Gasteiger partial charge in [-0.1, -0.05) is 6.07 Å². The van der Waals surface area contributed by atoms with Gasteiger partial charge in [-0.2, -0.15) is 0 Å². The van der Waals surface area contributed by atoms with Crippen LogP contribution in [0, 0.1) is 6.92 Å². The first-order valence-electron chi connectivity index (χ1n) is 3.96. The second kappa shape index (κ2) is 4.33. The summed E-state index contributed by atoms with van der Waals surface area (Å²) in [6.45, 7) is 3.54. The van der Waals surface area contributed by atoms with Crippen molar-refractivity contribution >= 4 is 16.9 Å². The van der Waals surface area contributed by atoms with Gasteiger partial charge in [0, 0.05) is 6.92 Å². The lowest BCUT2D eigenvalue weighted by Gasteiger charge is -2.06. The average molecular weight is 196 g/mol. The molecule has 70 valence electrons. The van der Waals surface area contributed by atoms with E-state index >= 15 is 0 Å². The number of hydrogen-bond donors (Lipinski definition) is 0. The maximum Gasteiger partial charge on any atom is 0.190 e. The molecule has 0 amide bonds. The lowest BCUT2D eigenvalue weighted by Crippen LogP contribution is -1.89. The van der Waals surface area contributed by atoms with Crippen molar-refractivity contribution in [3.05, 3.63) is 23.8 Å². The molecule has 0 spiro atoms. The van der Waals surface area contributed by atoms with Gasteiger partial charge in [0.05, 0.1) is 12.0 Å². The zero-order valence-electron chi connectivity index (χ0n) is 7.96. The van der Waals surface area contributed by atoms with E-state index in [1.807, 2.05) is 25.1 Å². The molecule has 0 N–H and O–H groups in total. The molecule has 1 aromatic carbocycles. The second-order valence-electron chi connectivity index (χ2n) is 2.75. The van der Waals surface area contributed by atoms with Gasteiger partial charge in [-0.25, -0.2) is 0 Å². The van der Waals surface area contributed by atoms with Crippen LogP contribution in [-0.2, 0) is 4.79 Å². The number of rotatable bonds is 2. The summed E-state index contributed by atoms with van der Waals surface area (Å²) in [6.07, 6.45) is 0. The number of methoxy groups -OCH3 is 1. The Labute approximate surface area is 82.3 Å². The first-order chi connectivity index (χ1) is 6.13. The van der Waals surface area contributed by atoms with Gasteiger partial charge in [0.1, 0.15) is 5.75 Å². The SMILES string of the molecule is COc1ccc(C)cc1SC(C)=O. The summed E-state index contributed by atoms with van der Waals surface area (Å²) >= 11 is 1.20. The Hall–Kier alpha value is -0.960. The first-order valence-corrected chi connectivity index (χ1v) is 4.78. The molecular formula is C10H12O2S. The quantitative estimate of drug-likeness (QED) is 0.680. The third-order valence-electron chi connectivity index (χ3n) is 1.57. The van der Waals surface area contributed by atoms with E-state index in [0.717, 1.165) is 16.2 Å². The topological polar surface area (TPSA) is 26.3 Å². The largest absolute Gasteiger partial charge is 0.496 e. The molecular weight excluding hydrogens is 184 g/mol. The summed E-state index contributed by atoms with van der Waals surface area (Å²) in [4.78, 5) is 11.8. The Balaban J connectivity index is 3.01. The summed E-state index contributed by atoms with van der Waals surface area (Å²) in [5, 5.41) is 0.0731. The van der Waals surface area contributed by atoms with Crippen molar-refractivity contribution in [3.63, 3.8) is 0 Å². The summed E-state index contributed by atoms with van der Waals surface area (Å²) in [7, 11) is 1.61. The lowest BCUT2D eigenvalue weighted by molar-refractivity contribution is -0.109. The Morgan fingerprint density at radius 3 is 2.69 bits per heavy atom. The highest BCUT2D eigenvalue weighted by Crippen LogP contribution is 2.30. The monoisotopic (exact) mass is 196 g/mol. The minimum Gasteiger partial charge on any atom is -0.496 e. The molecule has 0 aliphatic heterocycles. The molecule has 2 nitrogen and oxygen atoms in total. The van der Waals surface area contributed by atoms with Crippen LogP contribution >= 0.6 is 11.8 Å². The molecule has 0 aliphatic rings. The van der Waals surface area contributed by atoms with Crippen molar-refractivity contribution in [3.8, 4) is 5.75 Å². The Morgan fingerprint density at radius 1 is 1.46 bits per heavy atom. The zero-order chi connectivity index (χ0) is 9.84. The molecule has 0 heterocycles. The molecule has 1 rings (SSSR count). The minimum atomic E-state index is 0.0731. The summed E-state index contributed by atoms with van der Waals surface area (Å²) in [6, 6.07) is 5.79. The number of benzene rings is 1. The van der Waals surface area contributed by atoms with Crippen LogP contribution in [0.5, 0.6) is 5.75 Å². The van der Waals surface area contributed by atoms with Gasteiger partial charge < -0.3 is 4.74 Å². The number of carbonyl (C=O) groups excluding carboxylic acids is 1. The fourth-order valence-electron chi connectivity index (χ4n) is 1.02. The molecule has 0 aromatic heterocycles. The van der Waals surface area contributed by atoms with Crippen molar-refractivity contribution < 1.29 is 9.53 Å². The van der Waals surface area contributed by atoms with Gasteiger partial charge in [0.15, 0.2) is 5.12 Å². The third kappa shape index (κ3) is 2.77. The number of thioether (sulfide) groups is 1. The molecule has 0 saturated carbocycles. The molecule has 0 atom stereocenters. The normalized spacial score (nSPS) is 9.77. The van der Waals surface area contributed by atoms with Crippen LogP contribution in [0.4, 0.5) is 0 Å². The standard InChI is InChI=1S/C10H12O2S/c1-7-4-5-9(12-3)10(6-7)13-8(2)11/h4-6H,1-3H3. The maximum atomic E-state index is 10.9. The van der Waals surface area contributed by atoms with E-state index in [-0.39, 0.29) is 5.12 Å². The van der Waals surface area contributed by atoms with Crippen LogP contribution in [0.2, 0.25) is 0 Å². The van der Waals surface area contributed by atoms with Crippen molar-refractivity contribution in [2.45, 2.75) is 18.7 Å². The van der Waals surface area contributed by atoms with Crippen molar-refractivity contribution in [2.75, 3.05) is 7.11 Å². The summed E-state index contributed by atoms with van der Waals surface area (Å²) in [5.74, 6) is 0.755. The van der Waals surface area contributed by atoms with Gasteiger partial charge >= 0.3 is 0 Å². The molecule has 3 heteroatoms. The Morgan fingerprint density at radius 2 is 2.15 bits per heavy atom. The van der Waals surface area contributed by atoms with E-state index < -0.39 is 0 Å². The zero-order valence-corrected chi connectivity index (χ0v) is 8.77. The van der Waals surface area contributed by atoms with Crippen molar-refractivity contribution in [1.82, 2.24) is 0 Å². The summed E-state index contributed by atoms with van der Waals surface area (Å²) in [5.41, 5.74) is 1.13. The molecule has 0 saturated heterocycles. The number of carbonyl (C=O) groups is 1. The molecule has 13 heavy (non-hydrogen) atoms. The van der Waals surface area contributed by atoms with Gasteiger partial charge in [-0.05, 0) is 36.4 Å². The van der Waals surface area contributed by atoms with Gasteiger partial charge in [0.2, 0.25) is 0 Å². The van der Waals surface area contributed by atoms with Crippen LogP contribution in [0.15, 0.2) is 23.1 Å². The number of hydrogen-bond acceptors (Lipinski definition) is 3. The highest BCUT2D eigenvalue weighted by Gasteiger charge is 2.05. The van der Waals surface area contributed by atoms with Crippen LogP contribution in [0.3, 0.4) is 0 Å². The van der Waals surface area contributed by atoms with Crippen LogP contribution < -0.4 is 4.74 Å². The lowest BCUT2D eigenvalue weighted by atomic mass is 10.2. The van der Waals surface area contributed by atoms with Gasteiger partial charge in [-0.3, -0.25) is 4.79 Å². The van der Waals surface area contributed by atoms with Crippen molar-refractivity contribution in [1.29, 1.82) is 0 Å². The Bertz CT molecular complexity index is 321. The molecule has 0 bridgehead atoms. The smallest absolute Gasteiger partial charge is 0.190 e. The van der Waals surface area contributed by atoms with E-state index in [4.69, 9.17) is 4.74 Å². The van der Waals surface area contributed by atoms with E-state index in [9.17, 15) is 4.79 Å². The number of aryl methyl sites for hydroxylation is 1. The van der Waals surface area contributed by atoms with E-state index in [2.05, 4.69) is 0 Å². The fraction of sp³-hybridized carbons (Fsp3) is 0.300. The van der Waals surface area contributed by atoms with Gasteiger partial charge in [-0.15, -0.1) is 0 Å². The third-order valence-corrected chi connectivity index (χ3v) is 2.40.